The first-order chi connectivity index (χ1) is 13.3. The van der Waals surface area contributed by atoms with Crippen LogP contribution in [-0.2, 0) is 14.8 Å². The summed E-state index contributed by atoms with van der Waals surface area (Å²) in [6, 6.07) is 13.3. The maximum absolute atomic E-state index is 13.3. The first kappa shape index (κ1) is 20.3. The molecular formula is C21H25FN2O3S. The second-order valence-electron chi connectivity index (χ2n) is 7.23. The molecule has 0 N–H and O–H groups in total. The highest BCUT2D eigenvalue weighted by Crippen LogP contribution is 2.27. The number of piperidine rings is 1. The van der Waals surface area contributed by atoms with Crippen LogP contribution in [0.3, 0.4) is 0 Å². The lowest BCUT2D eigenvalue weighted by molar-refractivity contribution is -0.135. The summed E-state index contributed by atoms with van der Waals surface area (Å²) < 4.78 is 40.9. The monoisotopic (exact) mass is 404 g/mol. The van der Waals surface area contributed by atoms with E-state index in [0.29, 0.717) is 5.69 Å². The summed E-state index contributed by atoms with van der Waals surface area (Å²) in [6.07, 6.45) is 2.88. The average molecular weight is 405 g/mol. The number of carbonyl (C=O) groups is 1. The standard InChI is InChI=1S/C21H25FN2O3S/c1-16-7-6-8-17(2)24(16)21(25)15-23(19-9-4-3-5-10-19)28(26,27)20-13-11-18(22)12-14-20/h3-5,9-14,16-17H,6-8,15H2,1-2H3. The zero-order chi connectivity index (χ0) is 20.3. The molecule has 5 nitrogen and oxygen atoms in total. The molecular weight excluding hydrogens is 379 g/mol. The number of halogens is 1. The zero-order valence-corrected chi connectivity index (χ0v) is 16.9. The molecule has 2 unspecified atom stereocenters. The van der Waals surface area contributed by atoms with Gasteiger partial charge in [0.15, 0.2) is 0 Å². The number of hydrogen-bond acceptors (Lipinski definition) is 3. The van der Waals surface area contributed by atoms with Crippen molar-refractivity contribution in [2.45, 2.75) is 50.1 Å². The Balaban J connectivity index is 1.96. The topological polar surface area (TPSA) is 57.7 Å². The van der Waals surface area contributed by atoms with E-state index >= 15 is 0 Å². The number of carbonyl (C=O) groups excluding carboxylic acids is 1. The molecule has 0 spiro atoms. The van der Waals surface area contributed by atoms with Crippen LogP contribution in [0.2, 0.25) is 0 Å². The van der Waals surface area contributed by atoms with Gasteiger partial charge in [-0.05, 0) is 69.5 Å². The van der Waals surface area contributed by atoms with Gasteiger partial charge in [-0.15, -0.1) is 0 Å². The van der Waals surface area contributed by atoms with Crippen LogP contribution in [-0.4, -0.2) is 37.9 Å². The number of nitrogens with zero attached hydrogens (tertiary/aromatic N) is 2. The van der Waals surface area contributed by atoms with E-state index < -0.39 is 15.8 Å². The molecule has 28 heavy (non-hydrogen) atoms. The van der Waals surface area contributed by atoms with Crippen LogP contribution in [0.1, 0.15) is 33.1 Å². The summed E-state index contributed by atoms with van der Waals surface area (Å²) in [7, 11) is -4.02. The van der Waals surface area contributed by atoms with Gasteiger partial charge in [-0.1, -0.05) is 18.2 Å². The van der Waals surface area contributed by atoms with E-state index in [4.69, 9.17) is 0 Å². The second-order valence-corrected chi connectivity index (χ2v) is 9.09. The number of sulfonamides is 1. The molecule has 1 fully saturated rings. The second kappa shape index (κ2) is 8.31. The summed E-state index contributed by atoms with van der Waals surface area (Å²) in [5, 5.41) is 0. The van der Waals surface area contributed by atoms with Crippen LogP contribution < -0.4 is 4.31 Å². The zero-order valence-electron chi connectivity index (χ0n) is 16.1. The van der Waals surface area contributed by atoms with Crippen LogP contribution in [0.25, 0.3) is 0 Å². The van der Waals surface area contributed by atoms with Gasteiger partial charge in [-0.2, -0.15) is 0 Å². The van der Waals surface area contributed by atoms with Crippen molar-refractivity contribution in [3.05, 3.63) is 60.4 Å². The third-order valence-corrected chi connectivity index (χ3v) is 6.99. The van der Waals surface area contributed by atoms with Crippen LogP contribution in [0.15, 0.2) is 59.5 Å². The van der Waals surface area contributed by atoms with Crippen LogP contribution in [0.4, 0.5) is 10.1 Å². The van der Waals surface area contributed by atoms with Gasteiger partial charge in [0.05, 0.1) is 10.6 Å². The van der Waals surface area contributed by atoms with Crippen molar-refractivity contribution < 1.29 is 17.6 Å². The molecule has 1 aliphatic rings. The van der Waals surface area contributed by atoms with Crippen LogP contribution in [0, 0.1) is 5.82 Å². The van der Waals surface area contributed by atoms with Gasteiger partial charge in [0.2, 0.25) is 5.91 Å². The van der Waals surface area contributed by atoms with Crippen molar-refractivity contribution >= 4 is 21.6 Å². The number of rotatable bonds is 5. The maximum atomic E-state index is 13.3. The number of anilines is 1. The molecule has 0 bridgehead atoms. The fourth-order valence-electron chi connectivity index (χ4n) is 3.76. The van der Waals surface area contributed by atoms with Gasteiger partial charge in [-0.25, -0.2) is 12.8 Å². The molecule has 1 amide bonds. The molecule has 1 saturated heterocycles. The quantitative estimate of drug-likeness (QED) is 0.761. The van der Waals surface area contributed by atoms with Crippen LogP contribution in [0.5, 0.6) is 0 Å². The summed E-state index contributed by atoms with van der Waals surface area (Å²) >= 11 is 0. The van der Waals surface area contributed by atoms with Gasteiger partial charge in [0.1, 0.15) is 12.4 Å². The highest BCUT2D eigenvalue weighted by molar-refractivity contribution is 7.92. The molecule has 1 aliphatic heterocycles. The first-order valence-corrected chi connectivity index (χ1v) is 10.9. The van der Waals surface area contributed by atoms with E-state index in [-0.39, 0.29) is 29.4 Å². The Morgan fingerprint density at radius 1 is 1.04 bits per heavy atom. The van der Waals surface area contributed by atoms with Crippen molar-refractivity contribution in [3.63, 3.8) is 0 Å². The Labute approximate surface area is 165 Å². The predicted molar refractivity (Wildman–Crippen MR) is 107 cm³/mol. The Morgan fingerprint density at radius 2 is 1.61 bits per heavy atom. The maximum Gasteiger partial charge on any atom is 0.264 e. The number of para-hydroxylation sites is 1. The van der Waals surface area contributed by atoms with Crippen LogP contribution >= 0.6 is 0 Å². The molecule has 150 valence electrons. The number of amides is 1. The largest absolute Gasteiger partial charge is 0.336 e. The molecule has 1 heterocycles. The molecule has 7 heteroatoms. The fourth-order valence-corrected chi connectivity index (χ4v) is 5.17. The normalized spacial score (nSPS) is 20.0. The SMILES string of the molecule is CC1CCCC(C)N1C(=O)CN(c1ccccc1)S(=O)(=O)c1ccc(F)cc1. The summed E-state index contributed by atoms with van der Waals surface area (Å²) in [5.74, 6) is -0.744. The van der Waals surface area contributed by atoms with Gasteiger partial charge in [0, 0.05) is 12.1 Å². The van der Waals surface area contributed by atoms with Crippen molar-refractivity contribution in [1.29, 1.82) is 0 Å². The van der Waals surface area contributed by atoms with Crippen molar-refractivity contribution in [2.24, 2.45) is 0 Å². The smallest absolute Gasteiger partial charge is 0.264 e. The fraction of sp³-hybridized carbons (Fsp3) is 0.381. The van der Waals surface area contributed by atoms with Crippen molar-refractivity contribution in [2.75, 3.05) is 10.8 Å². The Hall–Kier alpha value is -2.41. The minimum absolute atomic E-state index is 0.0507. The Bertz CT molecular complexity index is 906. The lowest BCUT2D eigenvalue weighted by Crippen LogP contribution is -2.52. The van der Waals surface area contributed by atoms with Gasteiger partial charge >= 0.3 is 0 Å². The highest BCUT2D eigenvalue weighted by atomic mass is 32.2. The minimum Gasteiger partial charge on any atom is -0.336 e. The molecule has 2 atom stereocenters. The van der Waals surface area contributed by atoms with Crippen molar-refractivity contribution in [1.82, 2.24) is 4.90 Å². The molecule has 0 aliphatic carbocycles. The van der Waals surface area contributed by atoms with E-state index in [0.717, 1.165) is 35.7 Å². The van der Waals surface area contributed by atoms with Gasteiger partial charge in [0.25, 0.3) is 10.0 Å². The molecule has 3 rings (SSSR count). The molecule has 0 radical (unpaired) electrons. The predicted octanol–water partition coefficient (Wildman–Crippen LogP) is 3.81. The Morgan fingerprint density at radius 3 is 2.18 bits per heavy atom. The number of hydrogen-bond donors (Lipinski definition) is 0. The summed E-state index contributed by atoms with van der Waals surface area (Å²) in [5.41, 5.74) is 0.400. The van der Waals surface area contributed by atoms with E-state index in [1.807, 2.05) is 13.8 Å². The van der Waals surface area contributed by atoms with Gasteiger partial charge < -0.3 is 4.90 Å². The third kappa shape index (κ3) is 4.19. The van der Waals surface area contributed by atoms with Gasteiger partial charge in [-0.3, -0.25) is 9.10 Å². The molecule has 0 saturated carbocycles. The number of likely N-dealkylation sites (tertiary alicyclic amines) is 1. The lowest BCUT2D eigenvalue weighted by atomic mass is 9.97. The average Bonchev–Trinajstić information content (AvgIpc) is 2.67. The van der Waals surface area contributed by atoms with E-state index in [1.165, 1.54) is 12.1 Å². The molecule has 0 aromatic heterocycles. The lowest BCUT2D eigenvalue weighted by Gasteiger charge is -2.40. The van der Waals surface area contributed by atoms with Crippen molar-refractivity contribution in [3.8, 4) is 0 Å². The first-order valence-electron chi connectivity index (χ1n) is 9.45. The van der Waals surface area contributed by atoms with E-state index in [1.54, 1.807) is 35.2 Å². The molecule has 2 aromatic rings. The van der Waals surface area contributed by atoms with E-state index in [9.17, 15) is 17.6 Å². The minimum atomic E-state index is -4.02. The third-order valence-electron chi connectivity index (χ3n) is 5.21. The molecule has 2 aromatic carbocycles. The van der Waals surface area contributed by atoms with E-state index in [2.05, 4.69) is 0 Å². The number of benzene rings is 2. The highest BCUT2D eigenvalue weighted by Gasteiger charge is 2.33. The summed E-state index contributed by atoms with van der Waals surface area (Å²) in [4.78, 5) is 14.8. The summed E-state index contributed by atoms with van der Waals surface area (Å²) in [6.45, 7) is 3.70. The Kier molecular flexibility index (Phi) is 6.03.